The first kappa shape index (κ1) is 10.5. The number of amidine groups is 1. The standard InChI is InChI=1S/C11H13N3O2/c15-11(16)14-7-8-1-3-9(4-2-8)10-12-5-6-13-10/h1-4,14H,5-7H2,(H,12,13)(H,15,16). The van der Waals surface area contributed by atoms with Crippen molar-refractivity contribution in [3.8, 4) is 0 Å². The molecule has 1 aliphatic rings. The van der Waals surface area contributed by atoms with Gasteiger partial charge in [-0.25, -0.2) is 4.79 Å². The van der Waals surface area contributed by atoms with Crippen LogP contribution in [0, 0.1) is 0 Å². The predicted molar refractivity (Wildman–Crippen MR) is 60.7 cm³/mol. The number of benzene rings is 1. The summed E-state index contributed by atoms with van der Waals surface area (Å²) in [6, 6.07) is 7.67. The van der Waals surface area contributed by atoms with E-state index < -0.39 is 6.09 Å². The summed E-state index contributed by atoms with van der Waals surface area (Å²) >= 11 is 0. The number of carboxylic acid groups (broad SMARTS) is 1. The lowest BCUT2D eigenvalue weighted by Gasteiger charge is -2.04. The lowest BCUT2D eigenvalue weighted by molar-refractivity contribution is 0.194. The number of nitrogens with zero attached hydrogens (tertiary/aromatic N) is 1. The molecule has 3 N–H and O–H groups in total. The summed E-state index contributed by atoms with van der Waals surface area (Å²) in [5.74, 6) is 0.915. The Morgan fingerprint density at radius 2 is 2.19 bits per heavy atom. The number of nitrogens with one attached hydrogen (secondary N) is 2. The minimum Gasteiger partial charge on any atom is -0.465 e. The van der Waals surface area contributed by atoms with Crippen molar-refractivity contribution < 1.29 is 9.90 Å². The highest BCUT2D eigenvalue weighted by molar-refractivity contribution is 5.99. The third kappa shape index (κ3) is 2.50. The monoisotopic (exact) mass is 219 g/mol. The molecule has 0 bridgehead atoms. The van der Waals surface area contributed by atoms with Crippen LogP contribution in [0.1, 0.15) is 11.1 Å². The van der Waals surface area contributed by atoms with Crippen LogP contribution in [0.4, 0.5) is 4.79 Å². The van der Waals surface area contributed by atoms with Gasteiger partial charge < -0.3 is 15.7 Å². The average Bonchev–Trinajstić information content (AvgIpc) is 2.80. The summed E-state index contributed by atoms with van der Waals surface area (Å²) in [4.78, 5) is 14.6. The molecule has 84 valence electrons. The normalized spacial score (nSPS) is 14.1. The van der Waals surface area contributed by atoms with E-state index in [4.69, 9.17) is 5.11 Å². The van der Waals surface area contributed by atoms with Crippen LogP contribution in [0.2, 0.25) is 0 Å². The van der Waals surface area contributed by atoms with Crippen LogP contribution in [-0.4, -0.2) is 30.1 Å². The summed E-state index contributed by atoms with van der Waals surface area (Å²) in [5.41, 5.74) is 1.97. The first-order valence-electron chi connectivity index (χ1n) is 5.10. The molecule has 1 aliphatic heterocycles. The van der Waals surface area contributed by atoms with E-state index >= 15 is 0 Å². The molecule has 0 atom stereocenters. The highest BCUT2D eigenvalue weighted by Crippen LogP contribution is 2.06. The maximum atomic E-state index is 10.3. The van der Waals surface area contributed by atoms with Crippen molar-refractivity contribution in [1.82, 2.24) is 10.6 Å². The van der Waals surface area contributed by atoms with Gasteiger partial charge >= 0.3 is 6.09 Å². The maximum absolute atomic E-state index is 10.3. The lowest BCUT2D eigenvalue weighted by atomic mass is 10.1. The van der Waals surface area contributed by atoms with E-state index in [2.05, 4.69) is 15.6 Å². The van der Waals surface area contributed by atoms with E-state index in [-0.39, 0.29) is 0 Å². The van der Waals surface area contributed by atoms with Gasteiger partial charge in [-0.15, -0.1) is 0 Å². The van der Waals surface area contributed by atoms with Gasteiger partial charge in [0.15, 0.2) is 0 Å². The topological polar surface area (TPSA) is 73.7 Å². The van der Waals surface area contributed by atoms with Crippen LogP contribution < -0.4 is 10.6 Å². The molecule has 0 unspecified atom stereocenters. The van der Waals surface area contributed by atoms with Gasteiger partial charge in [-0.2, -0.15) is 0 Å². The molecule has 2 rings (SSSR count). The van der Waals surface area contributed by atoms with Crippen LogP contribution in [-0.2, 0) is 6.54 Å². The average molecular weight is 219 g/mol. The Labute approximate surface area is 93.2 Å². The van der Waals surface area contributed by atoms with E-state index in [1.165, 1.54) is 0 Å². The fourth-order valence-corrected chi connectivity index (χ4v) is 1.55. The molecule has 0 spiro atoms. The zero-order valence-corrected chi connectivity index (χ0v) is 8.73. The number of rotatable bonds is 3. The van der Waals surface area contributed by atoms with Gasteiger partial charge in [0, 0.05) is 18.7 Å². The number of hydrogen-bond donors (Lipinski definition) is 3. The van der Waals surface area contributed by atoms with Gasteiger partial charge in [-0.05, 0) is 5.56 Å². The Kier molecular flexibility index (Phi) is 3.05. The van der Waals surface area contributed by atoms with Crippen molar-refractivity contribution in [3.05, 3.63) is 35.4 Å². The largest absolute Gasteiger partial charge is 0.465 e. The zero-order valence-electron chi connectivity index (χ0n) is 8.73. The molecular weight excluding hydrogens is 206 g/mol. The van der Waals surface area contributed by atoms with Crippen LogP contribution >= 0.6 is 0 Å². The SMILES string of the molecule is O=C(O)NCc1ccc(C2=NCCN2)cc1. The van der Waals surface area contributed by atoms with E-state index in [1.807, 2.05) is 24.3 Å². The molecule has 0 saturated heterocycles. The number of aliphatic imine (C=N–C) groups is 1. The van der Waals surface area contributed by atoms with E-state index in [0.29, 0.717) is 6.54 Å². The molecular formula is C11H13N3O2. The van der Waals surface area contributed by atoms with Crippen LogP contribution in [0.15, 0.2) is 29.3 Å². The molecule has 0 radical (unpaired) electrons. The first-order chi connectivity index (χ1) is 7.75. The number of carbonyl (C=O) groups is 1. The van der Waals surface area contributed by atoms with Crippen LogP contribution in [0.25, 0.3) is 0 Å². The molecule has 5 heteroatoms. The van der Waals surface area contributed by atoms with Crippen molar-refractivity contribution in [2.24, 2.45) is 4.99 Å². The van der Waals surface area contributed by atoms with Crippen molar-refractivity contribution in [2.45, 2.75) is 6.54 Å². The third-order valence-electron chi connectivity index (χ3n) is 2.35. The predicted octanol–water partition coefficient (Wildman–Crippen LogP) is 0.804. The molecule has 0 aliphatic carbocycles. The fraction of sp³-hybridized carbons (Fsp3) is 0.273. The summed E-state index contributed by atoms with van der Waals surface area (Å²) in [5, 5.41) is 14.0. The number of hydrogen-bond acceptors (Lipinski definition) is 3. The summed E-state index contributed by atoms with van der Waals surface area (Å²) in [6.45, 7) is 2.03. The maximum Gasteiger partial charge on any atom is 0.404 e. The minimum atomic E-state index is -1.01. The number of amides is 1. The quantitative estimate of drug-likeness (QED) is 0.704. The Balaban J connectivity index is 2.01. The van der Waals surface area contributed by atoms with Gasteiger partial charge in [-0.3, -0.25) is 4.99 Å². The second-order valence-corrected chi connectivity index (χ2v) is 3.51. The highest BCUT2D eigenvalue weighted by atomic mass is 16.4. The van der Waals surface area contributed by atoms with Crippen LogP contribution in [0.3, 0.4) is 0 Å². The van der Waals surface area contributed by atoms with Gasteiger partial charge in [0.1, 0.15) is 5.84 Å². The van der Waals surface area contributed by atoms with Crippen LogP contribution in [0.5, 0.6) is 0 Å². The molecule has 0 fully saturated rings. The zero-order chi connectivity index (χ0) is 11.4. The van der Waals surface area contributed by atoms with Gasteiger partial charge in [0.2, 0.25) is 0 Å². The van der Waals surface area contributed by atoms with Gasteiger partial charge in [0.05, 0.1) is 6.54 Å². The Morgan fingerprint density at radius 1 is 1.44 bits per heavy atom. The van der Waals surface area contributed by atoms with E-state index in [9.17, 15) is 4.79 Å². The summed E-state index contributed by atoms with van der Waals surface area (Å²) in [6.07, 6.45) is -1.01. The van der Waals surface area contributed by atoms with E-state index in [0.717, 1.165) is 30.1 Å². The fourth-order valence-electron chi connectivity index (χ4n) is 1.55. The molecule has 1 aromatic rings. The molecule has 0 saturated carbocycles. The van der Waals surface area contributed by atoms with Gasteiger partial charge in [-0.1, -0.05) is 24.3 Å². The third-order valence-corrected chi connectivity index (χ3v) is 2.35. The van der Waals surface area contributed by atoms with Crippen molar-refractivity contribution in [3.63, 3.8) is 0 Å². The lowest BCUT2D eigenvalue weighted by Crippen LogP contribution is -2.21. The highest BCUT2D eigenvalue weighted by Gasteiger charge is 2.07. The smallest absolute Gasteiger partial charge is 0.404 e. The Morgan fingerprint density at radius 3 is 2.75 bits per heavy atom. The second kappa shape index (κ2) is 4.65. The molecule has 1 aromatic carbocycles. The Hall–Kier alpha value is -2.04. The molecule has 0 aromatic heterocycles. The second-order valence-electron chi connectivity index (χ2n) is 3.51. The van der Waals surface area contributed by atoms with Crippen molar-refractivity contribution in [1.29, 1.82) is 0 Å². The molecule has 5 nitrogen and oxygen atoms in total. The van der Waals surface area contributed by atoms with E-state index in [1.54, 1.807) is 0 Å². The Bertz CT molecular complexity index is 412. The summed E-state index contributed by atoms with van der Waals surface area (Å²) in [7, 11) is 0. The van der Waals surface area contributed by atoms with Gasteiger partial charge in [0.25, 0.3) is 0 Å². The van der Waals surface area contributed by atoms with Crippen molar-refractivity contribution in [2.75, 3.05) is 13.1 Å². The molecule has 16 heavy (non-hydrogen) atoms. The summed E-state index contributed by atoms with van der Waals surface area (Å²) < 4.78 is 0. The first-order valence-corrected chi connectivity index (χ1v) is 5.10. The molecule has 1 heterocycles. The minimum absolute atomic E-state index is 0.329. The molecule has 1 amide bonds. The van der Waals surface area contributed by atoms with Crippen molar-refractivity contribution >= 4 is 11.9 Å².